The minimum Gasteiger partial charge on any atom is -0.494 e. The van der Waals surface area contributed by atoms with Crippen molar-refractivity contribution >= 4 is 5.91 Å². The van der Waals surface area contributed by atoms with Crippen LogP contribution in [0.3, 0.4) is 0 Å². The molecule has 1 aromatic rings. The predicted octanol–water partition coefficient (Wildman–Crippen LogP) is 1.31. The first-order valence-electron chi connectivity index (χ1n) is 5.84. The van der Waals surface area contributed by atoms with Crippen LogP contribution in [0.5, 0.6) is 5.75 Å². The Labute approximate surface area is 102 Å². The molecule has 94 valence electrons. The summed E-state index contributed by atoms with van der Waals surface area (Å²) in [5.74, 6) is 0.852. The molecular weight excluding hydrogens is 216 g/mol. The summed E-state index contributed by atoms with van der Waals surface area (Å²) in [7, 11) is 1.64. The number of benzene rings is 1. The minimum absolute atomic E-state index is 0.00837. The molecule has 1 atom stereocenters. The van der Waals surface area contributed by atoms with Gasteiger partial charge in [-0.1, -0.05) is 12.1 Å². The molecule has 2 N–H and O–H groups in total. The van der Waals surface area contributed by atoms with Gasteiger partial charge in [-0.15, -0.1) is 0 Å². The summed E-state index contributed by atoms with van der Waals surface area (Å²) < 4.78 is 5.41. The standard InChI is InChI=1S/C13H20N2O2/c1-4-17-12-7-5-6-11(8-12)9-15-10(2)13(16)14-3/h5-8,10,15H,4,9H2,1-3H3,(H,14,16). The smallest absolute Gasteiger partial charge is 0.236 e. The average Bonchev–Trinajstić information content (AvgIpc) is 2.36. The van der Waals surface area contributed by atoms with Crippen LogP contribution in [0.15, 0.2) is 24.3 Å². The second-order valence-corrected chi connectivity index (χ2v) is 3.80. The topological polar surface area (TPSA) is 50.4 Å². The molecule has 1 unspecified atom stereocenters. The summed E-state index contributed by atoms with van der Waals surface area (Å²) in [4.78, 5) is 11.3. The van der Waals surface area contributed by atoms with Gasteiger partial charge in [-0.05, 0) is 31.5 Å². The van der Waals surface area contributed by atoms with Crippen LogP contribution >= 0.6 is 0 Å². The van der Waals surface area contributed by atoms with Crippen molar-refractivity contribution in [2.75, 3.05) is 13.7 Å². The number of ether oxygens (including phenoxy) is 1. The van der Waals surface area contributed by atoms with Gasteiger partial charge in [0.15, 0.2) is 0 Å². The largest absolute Gasteiger partial charge is 0.494 e. The summed E-state index contributed by atoms with van der Waals surface area (Å²) in [6.45, 7) is 5.10. The molecular formula is C13H20N2O2. The molecule has 0 aliphatic rings. The van der Waals surface area contributed by atoms with Gasteiger partial charge >= 0.3 is 0 Å². The molecule has 1 aromatic carbocycles. The molecule has 0 bridgehead atoms. The number of likely N-dealkylation sites (N-methyl/N-ethyl adjacent to an activating group) is 1. The lowest BCUT2D eigenvalue weighted by molar-refractivity contribution is -0.122. The summed E-state index contributed by atoms with van der Waals surface area (Å²) in [5, 5.41) is 5.76. The van der Waals surface area contributed by atoms with Crippen LogP contribution in [0.25, 0.3) is 0 Å². The molecule has 0 aliphatic heterocycles. The molecule has 4 heteroatoms. The normalized spacial score (nSPS) is 11.9. The number of rotatable bonds is 6. The maximum atomic E-state index is 11.3. The zero-order valence-corrected chi connectivity index (χ0v) is 10.6. The average molecular weight is 236 g/mol. The molecule has 4 nitrogen and oxygen atoms in total. The molecule has 0 fully saturated rings. The van der Waals surface area contributed by atoms with E-state index in [1.807, 2.05) is 38.1 Å². The molecule has 0 heterocycles. The maximum absolute atomic E-state index is 11.3. The van der Waals surface area contributed by atoms with Crippen molar-refractivity contribution in [1.82, 2.24) is 10.6 Å². The number of nitrogens with one attached hydrogen (secondary N) is 2. The van der Waals surface area contributed by atoms with Crippen LogP contribution in [0.4, 0.5) is 0 Å². The van der Waals surface area contributed by atoms with Gasteiger partial charge in [-0.25, -0.2) is 0 Å². The van der Waals surface area contributed by atoms with Crippen molar-refractivity contribution in [2.24, 2.45) is 0 Å². The highest BCUT2D eigenvalue weighted by molar-refractivity contribution is 5.80. The fraction of sp³-hybridized carbons (Fsp3) is 0.462. The SMILES string of the molecule is CCOc1cccc(CNC(C)C(=O)NC)c1. The number of hydrogen-bond donors (Lipinski definition) is 2. The summed E-state index contributed by atoms with van der Waals surface area (Å²) in [6.07, 6.45) is 0. The van der Waals surface area contributed by atoms with Gasteiger partial charge in [0, 0.05) is 13.6 Å². The zero-order valence-electron chi connectivity index (χ0n) is 10.6. The monoisotopic (exact) mass is 236 g/mol. The van der Waals surface area contributed by atoms with Crippen molar-refractivity contribution in [3.05, 3.63) is 29.8 Å². The fourth-order valence-corrected chi connectivity index (χ4v) is 1.49. The molecule has 0 saturated carbocycles. The van der Waals surface area contributed by atoms with Crippen LogP contribution in [0.2, 0.25) is 0 Å². The second kappa shape index (κ2) is 6.91. The van der Waals surface area contributed by atoms with E-state index < -0.39 is 0 Å². The van der Waals surface area contributed by atoms with Crippen LogP contribution in [-0.4, -0.2) is 25.6 Å². The van der Waals surface area contributed by atoms with Crippen LogP contribution in [-0.2, 0) is 11.3 Å². The zero-order chi connectivity index (χ0) is 12.7. The highest BCUT2D eigenvalue weighted by Gasteiger charge is 2.09. The van der Waals surface area contributed by atoms with E-state index in [1.165, 1.54) is 0 Å². The Morgan fingerprint density at radius 3 is 2.88 bits per heavy atom. The Kier molecular flexibility index (Phi) is 5.49. The summed E-state index contributed by atoms with van der Waals surface area (Å²) in [6, 6.07) is 7.66. The van der Waals surface area contributed by atoms with Crippen LogP contribution < -0.4 is 15.4 Å². The quantitative estimate of drug-likeness (QED) is 0.783. The first-order valence-corrected chi connectivity index (χ1v) is 5.84. The molecule has 0 aromatic heterocycles. The highest BCUT2D eigenvalue weighted by atomic mass is 16.5. The van der Waals surface area contributed by atoms with E-state index in [0.29, 0.717) is 13.2 Å². The lowest BCUT2D eigenvalue weighted by Crippen LogP contribution is -2.40. The van der Waals surface area contributed by atoms with Crippen molar-refractivity contribution in [1.29, 1.82) is 0 Å². The van der Waals surface area contributed by atoms with Gasteiger partial charge in [0.2, 0.25) is 5.91 Å². The minimum atomic E-state index is -0.198. The molecule has 0 aliphatic carbocycles. The Morgan fingerprint density at radius 1 is 1.47 bits per heavy atom. The molecule has 0 spiro atoms. The summed E-state index contributed by atoms with van der Waals surface area (Å²) in [5.41, 5.74) is 1.10. The molecule has 1 amide bonds. The second-order valence-electron chi connectivity index (χ2n) is 3.80. The molecule has 1 rings (SSSR count). The fourth-order valence-electron chi connectivity index (χ4n) is 1.49. The van der Waals surface area contributed by atoms with Gasteiger partial charge in [0.05, 0.1) is 12.6 Å². The third-order valence-electron chi connectivity index (χ3n) is 2.46. The van der Waals surface area contributed by atoms with E-state index in [1.54, 1.807) is 7.05 Å². The van der Waals surface area contributed by atoms with Crippen molar-refractivity contribution < 1.29 is 9.53 Å². The lowest BCUT2D eigenvalue weighted by Gasteiger charge is -2.12. The van der Waals surface area contributed by atoms with E-state index in [2.05, 4.69) is 10.6 Å². The molecule has 0 saturated heterocycles. The van der Waals surface area contributed by atoms with Crippen LogP contribution in [0.1, 0.15) is 19.4 Å². The Bertz CT molecular complexity index is 366. The predicted molar refractivity (Wildman–Crippen MR) is 68.0 cm³/mol. The number of carbonyl (C=O) groups excluding carboxylic acids is 1. The Morgan fingerprint density at radius 2 is 2.24 bits per heavy atom. The van der Waals surface area contributed by atoms with E-state index in [0.717, 1.165) is 11.3 Å². The highest BCUT2D eigenvalue weighted by Crippen LogP contribution is 2.13. The van der Waals surface area contributed by atoms with Crippen molar-refractivity contribution in [2.45, 2.75) is 26.4 Å². The van der Waals surface area contributed by atoms with E-state index in [9.17, 15) is 4.79 Å². The van der Waals surface area contributed by atoms with E-state index >= 15 is 0 Å². The maximum Gasteiger partial charge on any atom is 0.236 e. The molecule has 17 heavy (non-hydrogen) atoms. The van der Waals surface area contributed by atoms with Gasteiger partial charge in [-0.3, -0.25) is 4.79 Å². The Hall–Kier alpha value is -1.55. The van der Waals surface area contributed by atoms with E-state index in [-0.39, 0.29) is 11.9 Å². The lowest BCUT2D eigenvalue weighted by atomic mass is 10.2. The molecule has 0 radical (unpaired) electrons. The number of carbonyl (C=O) groups is 1. The van der Waals surface area contributed by atoms with Gasteiger partial charge in [0.1, 0.15) is 5.75 Å². The summed E-state index contributed by atoms with van der Waals surface area (Å²) >= 11 is 0. The number of amides is 1. The Balaban J connectivity index is 2.51. The van der Waals surface area contributed by atoms with E-state index in [4.69, 9.17) is 4.74 Å². The van der Waals surface area contributed by atoms with Gasteiger partial charge in [-0.2, -0.15) is 0 Å². The van der Waals surface area contributed by atoms with Gasteiger partial charge < -0.3 is 15.4 Å². The van der Waals surface area contributed by atoms with Gasteiger partial charge in [0.25, 0.3) is 0 Å². The third kappa shape index (κ3) is 4.44. The first kappa shape index (κ1) is 13.5. The third-order valence-corrected chi connectivity index (χ3v) is 2.46. The van der Waals surface area contributed by atoms with Crippen molar-refractivity contribution in [3.8, 4) is 5.75 Å². The first-order chi connectivity index (χ1) is 8.17. The van der Waals surface area contributed by atoms with Crippen LogP contribution in [0, 0.1) is 0 Å². The van der Waals surface area contributed by atoms with Crippen molar-refractivity contribution in [3.63, 3.8) is 0 Å². The number of hydrogen-bond acceptors (Lipinski definition) is 3.